The van der Waals surface area contributed by atoms with Crippen molar-refractivity contribution in [2.45, 2.75) is 44.2 Å². The molecule has 4 fully saturated rings. The zero-order chi connectivity index (χ0) is 20.0. The van der Waals surface area contributed by atoms with Gasteiger partial charge in [-0.2, -0.15) is 0 Å². The molecule has 3 N–H and O–H groups in total. The number of anilines is 2. The second kappa shape index (κ2) is 6.99. The molecular weight excluding hydrogens is 364 g/mol. The fourth-order valence-corrected chi connectivity index (χ4v) is 4.34. The number of hydrogen-bond acceptors (Lipinski definition) is 7. The summed E-state index contributed by atoms with van der Waals surface area (Å²) in [5, 5.41) is 8.76. The molecule has 7 heteroatoms. The molecule has 4 aliphatic rings. The summed E-state index contributed by atoms with van der Waals surface area (Å²) in [5.74, 6) is 1.66. The van der Waals surface area contributed by atoms with E-state index in [1.165, 1.54) is 12.8 Å². The topological polar surface area (TPSA) is 91.4 Å². The number of ether oxygens (including phenoxy) is 1. The van der Waals surface area contributed by atoms with Crippen LogP contribution in [0.5, 0.6) is 5.75 Å². The molecule has 2 aromatic rings. The summed E-state index contributed by atoms with van der Waals surface area (Å²) in [5.41, 5.74) is 8.24. The van der Waals surface area contributed by atoms with Gasteiger partial charge in [0.2, 0.25) is 0 Å². The summed E-state index contributed by atoms with van der Waals surface area (Å²) >= 11 is 0. The third kappa shape index (κ3) is 3.67. The lowest BCUT2D eigenvalue weighted by molar-refractivity contribution is 0.200. The van der Waals surface area contributed by atoms with E-state index in [1.807, 2.05) is 24.3 Å². The molecule has 0 unspecified atom stereocenters. The van der Waals surface area contributed by atoms with Crippen LogP contribution in [0.15, 0.2) is 30.6 Å². The number of hydrogen-bond donors (Lipinski definition) is 2. The third-order valence-electron chi connectivity index (χ3n) is 6.47. The van der Waals surface area contributed by atoms with Gasteiger partial charge in [-0.05, 0) is 50.8 Å². The molecule has 7 nitrogen and oxygen atoms in total. The number of benzene rings is 1. The van der Waals surface area contributed by atoms with Crippen molar-refractivity contribution in [3.63, 3.8) is 0 Å². The molecule has 1 aromatic carbocycles. The average molecular weight is 393 g/mol. The first kappa shape index (κ1) is 18.4. The summed E-state index contributed by atoms with van der Waals surface area (Å²) < 4.78 is 6.06. The summed E-state index contributed by atoms with van der Waals surface area (Å²) in [6.07, 6.45) is 6.03. The summed E-state index contributed by atoms with van der Waals surface area (Å²) in [6, 6.07) is 8.01. The minimum atomic E-state index is -0.0698. The Morgan fingerprint density at radius 3 is 2.69 bits per heavy atom. The highest BCUT2D eigenvalue weighted by molar-refractivity contribution is 6.13. The van der Waals surface area contributed by atoms with Gasteiger partial charge in [0.05, 0.1) is 11.4 Å². The van der Waals surface area contributed by atoms with Gasteiger partial charge in [0.25, 0.3) is 0 Å². The highest BCUT2D eigenvalue weighted by Crippen LogP contribution is 2.40. The summed E-state index contributed by atoms with van der Waals surface area (Å²) in [4.78, 5) is 13.8. The van der Waals surface area contributed by atoms with E-state index in [0.717, 1.165) is 50.6 Å². The zero-order valence-electron chi connectivity index (χ0n) is 16.9. The standard InChI is InChI=1S/C22H28N6O/c1-22(6-7-22)29-16-2-3-18(23)17(12-16)21(24)19-13-20(26-14-25-19)28-11-10-27-8-4-15(28)5-9-27/h2-3,12-15,24H,4-11,23H2,1H3. The van der Waals surface area contributed by atoms with Crippen LogP contribution in [0.2, 0.25) is 0 Å². The monoisotopic (exact) mass is 392 g/mol. The molecule has 0 atom stereocenters. The van der Waals surface area contributed by atoms with Crippen molar-refractivity contribution in [2.24, 2.45) is 0 Å². The molecule has 0 spiro atoms. The predicted octanol–water partition coefficient (Wildman–Crippen LogP) is 2.69. The lowest BCUT2D eigenvalue weighted by atomic mass is 10.0. The minimum absolute atomic E-state index is 0.0698. The number of rotatable bonds is 5. The first-order chi connectivity index (χ1) is 14.0. The van der Waals surface area contributed by atoms with Gasteiger partial charge in [0, 0.05) is 49.5 Å². The van der Waals surface area contributed by atoms with Crippen LogP contribution in [0.1, 0.15) is 43.9 Å². The van der Waals surface area contributed by atoms with Crippen molar-refractivity contribution < 1.29 is 4.74 Å². The van der Waals surface area contributed by atoms with E-state index in [0.29, 0.717) is 28.7 Å². The molecule has 3 saturated heterocycles. The second-order valence-electron chi connectivity index (χ2n) is 8.70. The SMILES string of the molecule is CC1(Oc2ccc(N)c(C(=N)c3cc(N4CCN5CCC4CC5)ncn3)c2)CC1. The maximum Gasteiger partial charge on any atom is 0.132 e. The number of nitrogens with two attached hydrogens (primary N) is 1. The molecule has 1 saturated carbocycles. The Balaban J connectivity index is 1.42. The van der Waals surface area contributed by atoms with Gasteiger partial charge in [-0.15, -0.1) is 0 Å². The van der Waals surface area contributed by atoms with Crippen molar-refractivity contribution in [3.05, 3.63) is 41.9 Å². The first-order valence-corrected chi connectivity index (χ1v) is 10.5. The second-order valence-corrected chi connectivity index (χ2v) is 8.70. The zero-order valence-corrected chi connectivity index (χ0v) is 16.9. The molecule has 2 bridgehead atoms. The van der Waals surface area contributed by atoms with Crippen molar-refractivity contribution >= 4 is 17.2 Å². The molecule has 0 amide bonds. The van der Waals surface area contributed by atoms with Gasteiger partial charge in [-0.25, -0.2) is 9.97 Å². The smallest absolute Gasteiger partial charge is 0.132 e. The molecule has 1 aromatic heterocycles. The van der Waals surface area contributed by atoms with Crippen molar-refractivity contribution in [2.75, 3.05) is 36.8 Å². The molecule has 152 valence electrons. The van der Waals surface area contributed by atoms with E-state index >= 15 is 0 Å². The first-order valence-electron chi connectivity index (χ1n) is 10.5. The molecule has 0 radical (unpaired) electrons. The van der Waals surface area contributed by atoms with Crippen LogP contribution in [-0.2, 0) is 0 Å². The molecule has 4 heterocycles. The van der Waals surface area contributed by atoms with E-state index in [-0.39, 0.29) is 5.60 Å². The summed E-state index contributed by atoms with van der Waals surface area (Å²) in [6.45, 7) is 6.47. The Morgan fingerprint density at radius 2 is 1.93 bits per heavy atom. The van der Waals surface area contributed by atoms with Crippen molar-refractivity contribution in [1.82, 2.24) is 14.9 Å². The molecule has 29 heavy (non-hydrogen) atoms. The molecular formula is C22H28N6O. The van der Waals surface area contributed by atoms with Crippen LogP contribution < -0.4 is 15.4 Å². The maximum absolute atomic E-state index is 8.76. The van der Waals surface area contributed by atoms with Crippen LogP contribution in [0.3, 0.4) is 0 Å². The highest BCUT2D eigenvalue weighted by Gasteiger charge is 2.40. The average Bonchev–Trinajstić information content (AvgIpc) is 3.53. The van der Waals surface area contributed by atoms with Gasteiger partial charge >= 0.3 is 0 Å². The fourth-order valence-electron chi connectivity index (χ4n) is 4.34. The Kier molecular flexibility index (Phi) is 4.42. The Labute approximate surface area is 171 Å². The van der Waals surface area contributed by atoms with E-state index in [2.05, 4.69) is 26.7 Å². The van der Waals surface area contributed by atoms with Crippen molar-refractivity contribution in [3.8, 4) is 5.75 Å². The van der Waals surface area contributed by atoms with Crippen LogP contribution in [-0.4, -0.2) is 58.4 Å². The molecule has 1 aliphatic carbocycles. The van der Waals surface area contributed by atoms with Crippen LogP contribution >= 0.6 is 0 Å². The Morgan fingerprint density at radius 1 is 1.14 bits per heavy atom. The highest BCUT2D eigenvalue weighted by atomic mass is 16.5. The normalized spacial score (nSPS) is 24.8. The van der Waals surface area contributed by atoms with E-state index in [1.54, 1.807) is 6.33 Å². The van der Waals surface area contributed by atoms with Gasteiger partial charge in [0.15, 0.2) is 0 Å². The van der Waals surface area contributed by atoms with Crippen molar-refractivity contribution in [1.29, 1.82) is 5.41 Å². The van der Waals surface area contributed by atoms with Crippen LogP contribution in [0.4, 0.5) is 11.5 Å². The maximum atomic E-state index is 8.76. The Hall–Kier alpha value is -2.67. The molecule has 3 aliphatic heterocycles. The number of nitrogens with zero attached hydrogens (tertiary/aromatic N) is 4. The van der Waals surface area contributed by atoms with Gasteiger partial charge in [0.1, 0.15) is 23.5 Å². The molecule has 6 rings (SSSR count). The predicted molar refractivity (Wildman–Crippen MR) is 114 cm³/mol. The largest absolute Gasteiger partial charge is 0.488 e. The summed E-state index contributed by atoms with van der Waals surface area (Å²) in [7, 11) is 0. The number of aromatic nitrogens is 2. The van der Waals surface area contributed by atoms with Gasteiger partial charge < -0.3 is 20.3 Å². The lowest BCUT2D eigenvalue weighted by Crippen LogP contribution is -2.38. The number of nitrogens with one attached hydrogen (secondary N) is 1. The fraction of sp³-hybridized carbons (Fsp3) is 0.500. The Bertz CT molecular complexity index is 933. The van der Waals surface area contributed by atoms with E-state index < -0.39 is 0 Å². The number of nitrogen functional groups attached to an aromatic ring is 1. The van der Waals surface area contributed by atoms with Gasteiger partial charge in [-0.3, -0.25) is 5.41 Å². The van der Waals surface area contributed by atoms with Gasteiger partial charge in [-0.1, -0.05) is 0 Å². The lowest BCUT2D eigenvalue weighted by Gasteiger charge is -2.32. The quantitative estimate of drug-likeness (QED) is 0.600. The number of fused-ring (bicyclic) bond motifs is 4. The number of piperidine rings is 1. The van der Waals surface area contributed by atoms with Crippen LogP contribution in [0, 0.1) is 5.41 Å². The van der Waals surface area contributed by atoms with Crippen LogP contribution in [0.25, 0.3) is 0 Å². The van der Waals surface area contributed by atoms with E-state index in [9.17, 15) is 0 Å². The van der Waals surface area contributed by atoms with E-state index in [4.69, 9.17) is 15.9 Å². The minimum Gasteiger partial charge on any atom is -0.488 e. The third-order valence-corrected chi connectivity index (χ3v) is 6.47.